The van der Waals surface area contributed by atoms with Crippen molar-refractivity contribution in [1.29, 1.82) is 0 Å². The minimum atomic E-state index is -0.702. The fourth-order valence-corrected chi connectivity index (χ4v) is 2.21. The van der Waals surface area contributed by atoms with Crippen molar-refractivity contribution in [2.45, 2.75) is 52.4 Å². The Balaban J connectivity index is 2.09. The van der Waals surface area contributed by atoms with Crippen molar-refractivity contribution in [1.82, 2.24) is 5.32 Å². The molecule has 2 N–H and O–H groups in total. The summed E-state index contributed by atoms with van der Waals surface area (Å²) >= 11 is 0. The zero-order valence-corrected chi connectivity index (χ0v) is 10.6. The maximum Gasteiger partial charge on any atom is 0.309 e. The molecule has 1 rings (SSSR count). The second-order valence-electron chi connectivity index (χ2n) is 5.65. The number of carboxylic acid groups (broad SMARTS) is 1. The van der Waals surface area contributed by atoms with Gasteiger partial charge in [0.05, 0.1) is 5.41 Å². The van der Waals surface area contributed by atoms with Crippen LogP contribution in [0.3, 0.4) is 0 Å². The summed E-state index contributed by atoms with van der Waals surface area (Å²) in [5.74, 6) is 0.119. The van der Waals surface area contributed by atoms with E-state index in [9.17, 15) is 4.79 Å². The van der Waals surface area contributed by atoms with Crippen molar-refractivity contribution in [2.24, 2.45) is 11.3 Å². The van der Waals surface area contributed by atoms with E-state index in [1.54, 1.807) is 13.8 Å². The van der Waals surface area contributed by atoms with Crippen molar-refractivity contribution in [3.63, 3.8) is 0 Å². The Morgan fingerprint density at radius 1 is 1.31 bits per heavy atom. The van der Waals surface area contributed by atoms with Gasteiger partial charge in [-0.15, -0.1) is 0 Å². The van der Waals surface area contributed by atoms with E-state index in [2.05, 4.69) is 5.32 Å². The van der Waals surface area contributed by atoms with Crippen LogP contribution < -0.4 is 5.32 Å². The Bertz CT molecular complexity index is 220. The maximum atomic E-state index is 10.9. The molecule has 16 heavy (non-hydrogen) atoms. The SMILES string of the molecule is CC(C)(CCNCC1CCCCC1)C(=O)O. The monoisotopic (exact) mass is 227 g/mol. The molecule has 0 amide bonds. The minimum absolute atomic E-state index is 0.598. The number of hydrogen-bond acceptors (Lipinski definition) is 2. The summed E-state index contributed by atoms with van der Waals surface area (Å²) in [5.41, 5.74) is -0.598. The van der Waals surface area contributed by atoms with E-state index >= 15 is 0 Å². The van der Waals surface area contributed by atoms with Gasteiger partial charge in [-0.2, -0.15) is 0 Å². The standard InChI is InChI=1S/C13H25NO2/c1-13(2,12(15)16)8-9-14-10-11-6-4-3-5-7-11/h11,14H,3-10H2,1-2H3,(H,15,16). The second-order valence-corrected chi connectivity index (χ2v) is 5.65. The van der Waals surface area contributed by atoms with Crippen LogP contribution >= 0.6 is 0 Å². The average Bonchev–Trinajstić information content (AvgIpc) is 2.26. The average molecular weight is 227 g/mol. The highest BCUT2D eigenvalue weighted by Gasteiger charge is 2.26. The maximum absolute atomic E-state index is 10.9. The lowest BCUT2D eigenvalue weighted by Gasteiger charge is -2.23. The molecule has 1 saturated carbocycles. The number of aliphatic carboxylic acids is 1. The molecule has 0 radical (unpaired) electrons. The zero-order valence-electron chi connectivity index (χ0n) is 10.6. The Kier molecular flexibility index (Phi) is 5.26. The summed E-state index contributed by atoms with van der Waals surface area (Å²) in [6.07, 6.45) is 7.52. The van der Waals surface area contributed by atoms with Crippen molar-refractivity contribution in [2.75, 3.05) is 13.1 Å². The smallest absolute Gasteiger partial charge is 0.309 e. The van der Waals surface area contributed by atoms with Crippen LogP contribution in [0, 0.1) is 11.3 Å². The topological polar surface area (TPSA) is 49.3 Å². The molecular formula is C13H25NO2. The largest absolute Gasteiger partial charge is 0.481 e. The quantitative estimate of drug-likeness (QED) is 0.686. The number of carbonyl (C=O) groups is 1. The lowest BCUT2D eigenvalue weighted by molar-refractivity contribution is -0.147. The predicted octanol–water partition coefficient (Wildman–Crippen LogP) is 2.66. The summed E-state index contributed by atoms with van der Waals surface area (Å²) in [4.78, 5) is 10.9. The van der Waals surface area contributed by atoms with Gasteiger partial charge in [0.2, 0.25) is 0 Å². The van der Waals surface area contributed by atoms with Crippen LogP contribution in [0.15, 0.2) is 0 Å². The number of rotatable bonds is 6. The molecular weight excluding hydrogens is 202 g/mol. The van der Waals surface area contributed by atoms with Crippen molar-refractivity contribution >= 4 is 5.97 Å². The second kappa shape index (κ2) is 6.24. The van der Waals surface area contributed by atoms with Gasteiger partial charge in [0.25, 0.3) is 0 Å². The first-order chi connectivity index (χ1) is 7.52. The molecule has 3 heteroatoms. The minimum Gasteiger partial charge on any atom is -0.481 e. The molecule has 1 aliphatic carbocycles. The van der Waals surface area contributed by atoms with Gasteiger partial charge in [0.15, 0.2) is 0 Å². The molecule has 1 fully saturated rings. The number of nitrogens with one attached hydrogen (secondary N) is 1. The fraction of sp³-hybridized carbons (Fsp3) is 0.923. The Hall–Kier alpha value is -0.570. The third-order valence-electron chi connectivity index (χ3n) is 3.66. The molecule has 0 spiro atoms. The molecule has 0 unspecified atom stereocenters. The molecule has 3 nitrogen and oxygen atoms in total. The fourth-order valence-electron chi connectivity index (χ4n) is 2.21. The van der Waals surface area contributed by atoms with Crippen molar-refractivity contribution in [3.05, 3.63) is 0 Å². The predicted molar refractivity (Wildman–Crippen MR) is 65.5 cm³/mol. The Morgan fingerprint density at radius 3 is 2.50 bits per heavy atom. The van der Waals surface area contributed by atoms with Crippen LogP contribution in [-0.4, -0.2) is 24.2 Å². The van der Waals surface area contributed by atoms with Gasteiger partial charge < -0.3 is 10.4 Å². The first-order valence-electron chi connectivity index (χ1n) is 6.46. The van der Waals surface area contributed by atoms with E-state index in [-0.39, 0.29) is 0 Å². The van der Waals surface area contributed by atoms with Gasteiger partial charge in [-0.05, 0) is 52.1 Å². The zero-order chi connectivity index (χ0) is 12.0. The van der Waals surface area contributed by atoms with Gasteiger partial charge in [-0.25, -0.2) is 0 Å². The van der Waals surface area contributed by atoms with E-state index in [1.165, 1.54) is 32.1 Å². The first kappa shape index (κ1) is 13.5. The number of hydrogen-bond donors (Lipinski definition) is 2. The van der Waals surface area contributed by atoms with Crippen LogP contribution in [0.5, 0.6) is 0 Å². The molecule has 0 aromatic carbocycles. The Labute approximate surface area is 98.6 Å². The summed E-state index contributed by atoms with van der Waals surface area (Å²) in [6, 6.07) is 0. The molecule has 0 aromatic rings. The van der Waals surface area contributed by atoms with Crippen LogP contribution in [0.1, 0.15) is 52.4 Å². The highest BCUT2D eigenvalue weighted by molar-refractivity contribution is 5.73. The highest BCUT2D eigenvalue weighted by atomic mass is 16.4. The van der Waals surface area contributed by atoms with Crippen LogP contribution in [0.25, 0.3) is 0 Å². The molecule has 94 valence electrons. The summed E-state index contributed by atoms with van der Waals surface area (Å²) in [6.45, 7) is 5.46. The molecule has 1 aliphatic rings. The number of carboxylic acids is 1. The summed E-state index contributed by atoms with van der Waals surface area (Å²) in [5, 5.41) is 12.4. The first-order valence-corrected chi connectivity index (χ1v) is 6.46. The van der Waals surface area contributed by atoms with E-state index in [0.29, 0.717) is 6.42 Å². The molecule has 0 bridgehead atoms. The summed E-state index contributed by atoms with van der Waals surface area (Å²) in [7, 11) is 0. The lowest BCUT2D eigenvalue weighted by atomic mass is 9.88. The van der Waals surface area contributed by atoms with Gasteiger partial charge in [0, 0.05) is 0 Å². The van der Waals surface area contributed by atoms with E-state index in [1.807, 2.05) is 0 Å². The molecule has 0 atom stereocenters. The molecule has 0 saturated heterocycles. The van der Waals surface area contributed by atoms with Crippen LogP contribution in [0.4, 0.5) is 0 Å². The summed E-state index contributed by atoms with van der Waals surface area (Å²) < 4.78 is 0. The van der Waals surface area contributed by atoms with Crippen molar-refractivity contribution < 1.29 is 9.90 Å². The van der Waals surface area contributed by atoms with Gasteiger partial charge in [-0.3, -0.25) is 4.79 Å². The van der Waals surface area contributed by atoms with E-state index < -0.39 is 11.4 Å². The van der Waals surface area contributed by atoms with E-state index in [4.69, 9.17) is 5.11 Å². The molecule has 0 heterocycles. The van der Waals surface area contributed by atoms with E-state index in [0.717, 1.165) is 19.0 Å². The van der Waals surface area contributed by atoms with Crippen molar-refractivity contribution in [3.8, 4) is 0 Å². The van der Waals surface area contributed by atoms with Gasteiger partial charge >= 0.3 is 5.97 Å². The van der Waals surface area contributed by atoms with Gasteiger partial charge in [-0.1, -0.05) is 19.3 Å². The Morgan fingerprint density at radius 2 is 1.94 bits per heavy atom. The highest BCUT2D eigenvalue weighted by Crippen LogP contribution is 2.23. The molecule has 0 aromatic heterocycles. The third-order valence-corrected chi connectivity index (χ3v) is 3.66. The lowest BCUT2D eigenvalue weighted by Crippen LogP contribution is -2.31. The normalized spacial score (nSPS) is 18.6. The molecule has 0 aliphatic heterocycles. The van der Waals surface area contributed by atoms with Gasteiger partial charge in [0.1, 0.15) is 0 Å². The third kappa shape index (κ3) is 4.52. The van der Waals surface area contributed by atoms with Crippen LogP contribution in [0.2, 0.25) is 0 Å². The van der Waals surface area contributed by atoms with Crippen LogP contribution in [-0.2, 0) is 4.79 Å².